The first-order valence-corrected chi connectivity index (χ1v) is 21.3. The third-order valence-corrected chi connectivity index (χ3v) is 13.0. The second-order valence-corrected chi connectivity index (χ2v) is 16.8. The molecule has 16 heteroatoms. The Morgan fingerprint density at radius 2 is 1.75 bits per heavy atom. The number of benzene rings is 2. The number of amides is 2. The smallest absolute Gasteiger partial charge is 0.243 e. The predicted octanol–water partition coefficient (Wildman–Crippen LogP) is 5.15. The maximum atomic E-state index is 14.2. The molecule has 3 aromatic rings. The molecule has 55 heavy (non-hydrogen) atoms. The topological polar surface area (TPSA) is 177 Å². The molecule has 2 amide bonds. The van der Waals surface area contributed by atoms with Crippen molar-refractivity contribution in [3.63, 3.8) is 0 Å². The number of guanidine groups is 1. The zero-order valence-electron chi connectivity index (χ0n) is 32.2. The Morgan fingerprint density at radius 1 is 1.05 bits per heavy atom. The number of piperazine rings is 1. The number of rotatable bonds is 15. The number of nitrogens with zero attached hydrogens (tertiary/aromatic N) is 5. The van der Waals surface area contributed by atoms with Crippen molar-refractivity contribution in [2.75, 3.05) is 45.8 Å². The third-order valence-electron chi connectivity index (χ3n) is 10.6. The van der Waals surface area contributed by atoms with E-state index in [1.54, 1.807) is 15.9 Å². The van der Waals surface area contributed by atoms with E-state index in [-0.39, 0.29) is 46.5 Å². The fraction of sp³-hybridized carbons (Fsp3) is 0.538. The van der Waals surface area contributed by atoms with Crippen molar-refractivity contribution in [3.8, 4) is 5.75 Å². The molecule has 2 aliphatic rings. The number of hydrogen-bond acceptors (Lipinski definition) is 8. The molecule has 0 unspecified atom stereocenters. The summed E-state index contributed by atoms with van der Waals surface area (Å²) >= 11 is 13.4. The molecule has 0 radical (unpaired) electrons. The lowest BCUT2D eigenvalue weighted by Crippen LogP contribution is -2.62. The van der Waals surface area contributed by atoms with Gasteiger partial charge >= 0.3 is 0 Å². The molecule has 2 aromatic carbocycles. The lowest BCUT2D eigenvalue weighted by molar-refractivity contribution is -0.144. The van der Waals surface area contributed by atoms with Crippen molar-refractivity contribution in [1.82, 2.24) is 24.4 Å². The van der Waals surface area contributed by atoms with Crippen LogP contribution in [0.15, 0.2) is 46.3 Å². The summed E-state index contributed by atoms with van der Waals surface area (Å²) in [5, 5.41) is 1.10. The van der Waals surface area contributed by atoms with Crippen LogP contribution in [0.4, 0.5) is 0 Å². The monoisotopic (exact) mass is 816 g/mol. The number of aryl methyl sites for hydroxylation is 2. The number of ether oxygens (including phenoxy) is 1. The quantitative estimate of drug-likeness (QED) is 0.106. The van der Waals surface area contributed by atoms with Crippen LogP contribution in [0.2, 0.25) is 10.0 Å². The van der Waals surface area contributed by atoms with E-state index in [1.807, 2.05) is 50.8 Å². The van der Waals surface area contributed by atoms with Crippen LogP contribution >= 0.6 is 23.2 Å². The molecule has 1 aliphatic carbocycles. The van der Waals surface area contributed by atoms with E-state index in [0.29, 0.717) is 74.5 Å². The summed E-state index contributed by atoms with van der Waals surface area (Å²) < 4.78 is 37.1. The highest BCUT2D eigenvalue weighted by atomic mass is 35.5. The van der Waals surface area contributed by atoms with Gasteiger partial charge in [0.15, 0.2) is 5.96 Å². The van der Waals surface area contributed by atoms with Gasteiger partial charge in [0.25, 0.3) is 0 Å². The highest BCUT2D eigenvalue weighted by Gasteiger charge is 2.47. The van der Waals surface area contributed by atoms with E-state index in [2.05, 4.69) is 14.7 Å². The lowest BCUT2D eigenvalue weighted by atomic mass is 9.96. The first-order chi connectivity index (χ1) is 26.2. The molecule has 13 nitrogen and oxygen atoms in total. The molecule has 1 saturated carbocycles. The number of carbonyl (C=O) groups is 2. The number of nitrogens with one attached hydrogen (secondary N) is 1. The van der Waals surface area contributed by atoms with Gasteiger partial charge < -0.3 is 30.9 Å². The minimum Gasteiger partial charge on any atom is -0.487 e. The summed E-state index contributed by atoms with van der Waals surface area (Å²) in [6.07, 6.45) is 4.17. The number of halogens is 2. The summed E-state index contributed by atoms with van der Waals surface area (Å²) in [5.41, 5.74) is 13.9. The SMILES string of the molecule is CCN=C(N)N(CC)CCCC[C@H](N)C(=O)N1CCN(C(=O)C2(NS(=O)(=O)c3ccc(Cl)c(COc4cccc5c(C)cc(C)nc45)c3Cl)CCCC2)CC1. The summed E-state index contributed by atoms with van der Waals surface area (Å²) in [4.78, 5) is 41.5. The van der Waals surface area contributed by atoms with Crippen molar-refractivity contribution >= 4 is 61.9 Å². The molecular formula is C39H54Cl2N8O5S. The standard InChI is InChI=1S/C39H54Cl2N8O5S/c1-5-44-38(43)47(6-2)19-10-7-13-31(42)36(50)48-20-22-49(23-21-48)37(51)39(17-8-9-18-39)46-55(52,53)33-16-15-30(40)29(34(33)41)25-54-32-14-11-12-28-26(3)24-27(4)45-35(28)32/h11-12,14-16,24,31,46H,5-10,13,17-23,25,42H2,1-4H3,(H2,43,44)/t31-/m0/s1. The minimum atomic E-state index is -4.30. The second-order valence-electron chi connectivity index (χ2n) is 14.4. The van der Waals surface area contributed by atoms with Crippen LogP contribution in [0.5, 0.6) is 5.75 Å². The highest BCUT2D eigenvalue weighted by molar-refractivity contribution is 7.89. The van der Waals surface area contributed by atoms with Gasteiger partial charge in [0.05, 0.1) is 11.1 Å². The van der Waals surface area contributed by atoms with Crippen LogP contribution in [-0.2, 0) is 26.2 Å². The van der Waals surface area contributed by atoms with Crippen LogP contribution in [0, 0.1) is 13.8 Å². The Hall–Kier alpha value is -3.69. The minimum absolute atomic E-state index is 0.0817. The normalized spacial score (nSPS) is 16.7. The number of unbranched alkanes of at least 4 members (excludes halogenated alkanes) is 1. The molecule has 1 atom stereocenters. The zero-order valence-corrected chi connectivity index (χ0v) is 34.6. The number of para-hydroxylation sites is 1. The Kier molecular flexibility index (Phi) is 14.3. The molecular weight excluding hydrogens is 763 g/mol. The number of aromatic nitrogens is 1. The van der Waals surface area contributed by atoms with Gasteiger partial charge in [-0.15, -0.1) is 0 Å². The summed E-state index contributed by atoms with van der Waals surface area (Å²) in [6.45, 7) is 11.0. The summed E-state index contributed by atoms with van der Waals surface area (Å²) in [6, 6.07) is 9.79. The van der Waals surface area contributed by atoms with Gasteiger partial charge in [-0.1, -0.05) is 48.2 Å². The number of nitrogens with two attached hydrogens (primary N) is 2. The molecule has 5 N–H and O–H groups in total. The van der Waals surface area contributed by atoms with Crippen LogP contribution in [0.1, 0.15) is 75.6 Å². The second kappa shape index (κ2) is 18.5. The highest BCUT2D eigenvalue weighted by Crippen LogP contribution is 2.37. The molecule has 0 spiro atoms. The van der Waals surface area contributed by atoms with Crippen molar-refractivity contribution in [2.45, 2.75) is 95.7 Å². The van der Waals surface area contributed by atoms with Gasteiger partial charge in [0.2, 0.25) is 21.8 Å². The molecule has 1 aliphatic heterocycles. The van der Waals surface area contributed by atoms with E-state index >= 15 is 0 Å². The zero-order chi connectivity index (χ0) is 39.9. The van der Waals surface area contributed by atoms with Crippen molar-refractivity contribution < 1.29 is 22.7 Å². The van der Waals surface area contributed by atoms with E-state index in [9.17, 15) is 18.0 Å². The molecule has 300 valence electrons. The predicted molar refractivity (Wildman–Crippen MR) is 218 cm³/mol. The third kappa shape index (κ3) is 9.83. The summed E-state index contributed by atoms with van der Waals surface area (Å²) in [5.74, 6) is 0.580. The first kappa shape index (κ1) is 42.5. The Balaban J connectivity index is 1.21. The molecule has 2 heterocycles. The van der Waals surface area contributed by atoms with Gasteiger partial charge in [-0.25, -0.2) is 13.4 Å². The molecule has 0 bridgehead atoms. The first-order valence-electron chi connectivity index (χ1n) is 19.1. The van der Waals surface area contributed by atoms with Crippen LogP contribution < -0.4 is 20.9 Å². The largest absolute Gasteiger partial charge is 0.487 e. The number of hydrogen-bond donors (Lipinski definition) is 3. The van der Waals surface area contributed by atoms with Gasteiger partial charge in [-0.05, 0) is 89.6 Å². The fourth-order valence-corrected chi connectivity index (χ4v) is 9.85. The van der Waals surface area contributed by atoms with Crippen molar-refractivity contribution in [3.05, 3.63) is 63.3 Å². The van der Waals surface area contributed by atoms with E-state index in [1.165, 1.54) is 12.1 Å². The number of fused-ring (bicyclic) bond motifs is 1. The molecule has 2 fully saturated rings. The number of carbonyl (C=O) groups excluding carboxylic acids is 2. The van der Waals surface area contributed by atoms with Gasteiger partial charge in [-0.2, -0.15) is 4.72 Å². The van der Waals surface area contributed by atoms with Crippen LogP contribution in [-0.4, -0.2) is 103 Å². The van der Waals surface area contributed by atoms with Gasteiger partial charge in [0, 0.05) is 67.5 Å². The van der Waals surface area contributed by atoms with E-state index in [4.69, 9.17) is 39.4 Å². The average molecular weight is 818 g/mol. The Labute approximate surface area is 334 Å². The lowest BCUT2D eigenvalue weighted by Gasteiger charge is -2.40. The molecule has 1 saturated heterocycles. The Morgan fingerprint density at radius 3 is 2.42 bits per heavy atom. The fourth-order valence-electron chi connectivity index (χ4n) is 7.54. The van der Waals surface area contributed by atoms with E-state index in [0.717, 1.165) is 42.6 Å². The Bertz CT molecular complexity index is 2000. The summed E-state index contributed by atoms with van der Waals surface area (Å²) in [7, 11) is -4.30. The average Bonchev–Trinajstić information content (AvgIpc) is 3.63. The van der Waals surface area contributed by atoms with Crippen molar-refractivity contribution in [1.29, 1.82) is 0 Å². The van der Waals surface area contributed by atoms with Crippen molar-refractivity contribution in [2.24, 2.45) is 16.5 Å². The van der Waals surface area contributed by atoms with Gasteiger partial charge in [-0.3, -0.25) is 14.6 Å². The molecule has 5 rings (SSSR count). The van der Waals surface area contributed by atoms with Gasteiger partial charge in [0.1, 0.15) is 28.3 Å². The molecule has 1 aromatic heterocycles. The number of sulfonamides is 1. The van der Waals surface area contributed by atoms with Crippen LogP contribution in [0.25, 0.3) is 10.9 Å². The van der Waals surface area contributed by atoms with E-state index < -0.39 is 21.6 Å². The maximum absolute atomic E-state index is 14.2. The van der Waals surface area contributed by atoms with Crippen LogP contribution in [0.3, 0.4) is 0 Å². The maximum Gasteiger partial charge on any atom is 0.243 e. The number of aliphatic imine (C=N–C) groups is 1. The number of pyridine rings is 1.